The number of carbonyl (C=O) groups is 2. The molecule has 4 nitrogen and oxygen atoms in total. The summed E-state index contributed by atoms with van der Waals surface area (Å²) in [5.41, 5.74) is -0.708. The van der Waals surface area contributed by atoms with E-state index in [0.717, 1.165) is 38.5 Å². The van der Waals surface area contributed by atoms with Crippen LogP contribution in [0.2, 0.25) is 0 Å². The van der Waals surface area contributed by atoms with Crippen LogP contribution in [0.15, 0.2) is 0 Å². The van der Waals surface area contributed by atoms with Gasteiger partial charge in [0.1, 0.15) is 0 Å². The summed E-state index contributed by atoms with van der Waals surface area (Å²) in [6, 6.07) is 0. The molecule has 1 unspecified atom stereocenters. The maximum atomic E-state index is 12.4. The van der Waals surface area contributed by atoms with Gasteiger partial charge in [-0.15, -0.1) is 0 Å². The number of aliphatic carboxylic acids is 2. The fraction of sp³-hybridized carbons (Fsp3) is 0.913. The molecule has 0 bridgehead atoms. The average Bonchev–Trinajstić information content (AvgIpc) is 2.53. The molecule has 0 amide bonds. The minimum Gasteiger partial charge on any atom is -0.481 e. The summed E-state index contributed by atoms with van der Waals surface area (Å²) in [5, 5.41) is 20.2. The fourth-order valence-corrected chi connectivity index (χ4v) is 5.86. The van der Waals surface area contributed by atoms with Gasteiger partial charge in [-0.05, 0) is 80.0 Å². The van der Waals surface area contributed by atoms with Crippen LogP contribution in [0.25, 0.3) is 0 Å². The van der Waals surface area contributed by atoms with E-state index in [1.807, 2.05) is 0 Å². The van der Waals surface area contributed by atoms with Crippen LogP contribution in [0, 0.1) is 39.9 Å². The molecule has 2 aliphatic rings. The SMILES string of the molecule is CC(C)(C)C1CCC(C(C(=O)O)C2(C(=O)O)CCC(C(C)(C)C)CC2)CC1. The van der Waals surface area contributed by atoms with E-state index in [2.05, 4.69) is 41.5 Å². The van der Waals surface area contributed by atoms with Gasteiger partial charge in [0, 0.05) is 0 Å². The van der Waals surface area contributed by atoms with Crippen molar-refractivity contribution in [2.75, 3.05) is 0 Å². The van der Waals surface area contributed by atoms with E-state index >= 15 is 0 Å². The van der Waals surface area contributed by atoms with Gasteiger partial charge < -0.3 is 10.2 Å². The summed E-state index contributed by atoms with van der Waals surface area (Å²) in [4.78, 5) is 24.7. The van der Waals surface area contributed by atoms with E-state index in [1.54, 1.807) is 0 Å². The molecule has 0 heterocycles. The molecule has 27 heavy (non-hydrogen) atoms. The lowest BCUT2D eigenvalue weighted by Crippen LogP contribution is -2.50. The highest BCUT2D eigenvalue weighted by molar-refractivity contribution is 5.83. The first-order chi connectivity index (χ1) is 12.3. The minimum absolute atomic E-state index is 0.0108. The van der Waals surface area contributed by atoms with Crippen molar-refractivity contribution in [2.24, 2.45) is 39.9 Å². The third kappa shape index (κ3) is 4.68. The monoisotopic (exact) mass is 380 g/mol. The first-order valence-corrected chi connectivity index (χ1v) is 10.8. The van der Waals surface area contributed by atoms with Gasteiger partial charge in [-0.3, -0.25) is 9.59 Å². The van der Waals surface area contributed by atoms with Gasteiger partial charge in [-0.2, -0.15) is 0 Å². The van der Waals surface area contributed by atoms with Gasteiger partial charge >= 0.3 is 11.9 Å². The molecule has 0 aliphatic heterocycles. The van der Waals surface area contributed by atoms with Crippen molar-refractivity contribution in [1.82, 2.24) is 0 Å². The largest absolute Gasteiger partial charge is 0.481 e. The zero-order valence-corrected chi connectivity index (χ0v) is 18.2. The highest BCUT2D eigenvalue weighted by Crippen LogP contribution is 2.54. The zero-order valence-electron chi connectivity index (χ0n) is 18.2. The van der Waals surface area contributed by atoms with Crippen molar-refractivity contribution in [1.29, 1.82) is 0 Å². The van der Waals surface area contributed by atoms with Crippen molar-refractivity contribution in [2.45, 2.75) is 92.9 Å². The summed E-state index contributed by atoms with van der Waals surface area (Å²) in [7, 11) is 0. The average molecular weight is 381 g/mol. The second-order valence-corrected chi connectivity index (χ2v) is 11.4. The minimum atomic E-state index is -1.09. The molecule has 4 heteroatoms. The van der Waals surface area contributed by atoms with E-state index in [1.165, 1.54) is 0 Å². The molecule has 0 aromatic rings. The molecular weight excluding hydrogens is 340 g/mol. The Hall–Kier alpha value is -1.06. The lowest BCUT2D eigenvalue weighted by atomic mass is 9.55. The maximum absolute atomic E-state index is 12.4. The number of rotatable bonds is 4. The van der Waals surface area contributed by atoms with Crippen LogP contribution < -0.4 is 0 Å². The Labute approximate surface area is 165 Å². The molecule has 156 valence electrons. The van der Waals surface area contributed by atoms with Gasteiger partial charge in [0.05, 0.1) is 11.3 Å². The van der Waals surface area contributed by atoms with Crippen LogP contribution in [0.5, 0.6) is 0 Å². The molecule has 0 spiro atoms. The molecular formula is C23H40O4. The molecule has 0 aromatic carbocycles. The summed E-state index contributed by atoms with van der Waals surface area (Å²) < 4.78 is 0. The van der Waals surface area contributed by atoms with Crippen molar-refractivity contribution in [3.05, 3.63) is 0 Å². The quantitative estimate of drug-likeness (QED) is 0.642. The van der Waals surface area contributed by atoms with Gasteiger partial charge in [0.15, 0.2) is 0 Å². The van der Waals surface area contributed by atoms with Crippen LogP contribution in [-0.2, 0) is 9.59 Å². The Balaban J connectivity index is 2.21. The van der Waals surface area contributed by atoms with Crippen LogP contribution in [0.1, 0.15) is 92.9 Å². The van der Waals surface area contributed by atoms with Crippen LogP contribution in [0.4, 0.5) is 0 Å². The highest BCUT2D eigenvalue weighted by Gasteiger charge is 2.55. The lowest BCUT2D eigenvalue weighted by molar-refractivity contribution is -0.171. The first kappa shape index (κ1) is 22.2. The van der Waals surface area contributed by atoms with E-state index in [0.29, 0.717) is 24.7 Å². The predicted molar refractivity (Wildman–Crippen MR) is 108 cm³/mol. The normalized spacial score (nSPS) is 34.1. The van der Waals surface area contributed by atoms with E-state index in [4.69, 9.17) is 0 Å². The van der Waals surface area contributed by atoms with Crippen molar-refractivity contribution < 1.29 is 19.8 Å². The molecule has 0 saturated heterocycles. The molecule has 1 atom stereocenters. The van der Waals surface area contributed by atoms with Crippen LogP contribution in [0.3, 0.4) is 0 Å². The topological polar surface area (TPSA) is 74.6 Å². The van der Waals surface area contributed by atoms with Gasteiger partial charge in [0.2, 0.25) is 0 Å². The van der Waals surface area contributed by atoms with E-state index < -0.39 is 23.3 Å². The predicted octanol–water partition coefficient (Wildman–Crippen LogP) is 5.85. The Bertz CT molecular complexity index is 536. The van der Waals surface area contributed by atoms with Gasteiger partial charge in [-0.25, -0.2) is 0 Å². The van der Waals surface area contributed by atoms with Crippen molar-refractivity contribution >= 4 is 11.9 Å². The summed E-state index contributed by atoms with van der Waals surface area (Å²) >= 11 is 0. The third-order valence-corrected chi connectivity index (χ3v) is 7.86. The third-order valence-electron chi connectivity index (χ3n) is 7.86. The Morgan fingerprint density at radius 1 is 0.778 bits per heavy atom. The lowest BCUT2D eigenvalue weighted by Gasteiger charge is -2.47. The van der Waals surface area contributed by atoms with E-state index in [-0.39, 0.29) is 16.7 Å². The van der Waals surface area contributed by atoms with Crippen LogP contribution in [-0.4, -0.2) is 22.2 Å². The first-order valence-electron chi connectivity index (χ1n) is 10.8. The maximum Gasteiger partial charge on any atom is 0.310 e. The summed E-state index contributed by atoms with van der Waals surface area (Å²) in [6.07, 6.45) is 6.35. The summed E-state index contributed by atoms with van der Waals surface area (Å²) in [5.74, 6) is -1.48. The number of carboxylic acid groups (broad SMARTS) is 2. The molecule has 2 saturated carbocycles. The second kappa shape index (κ2) is 7.75. The standard InChI is InChI=1S/C23H40O4/c1-21(2,3)16-9-7-15(8-10-16)18(19(24)25)23(20(26)27)13-11-17(12-14-23)22(4,5)6/h15-18H,7-14H2,1-6H3,(H,24,25)(H,26,27). The molecule has 2 rings (SSSR count). The molecule has 0 radical (unpaired) electrons. The molecule has 0 aromatic heterocycles. The Morgan fingerprint density at radius 3 is 1.52 bits per heavy atom. The van der Waals surface area contributed by atoms with Gasteiger partial charge in [-0.1, -0.05) is 41.5 Å². The van der Waals surface area contributed by atoms with Crippen LogP contribution >= 0.6 is 0 Å². The van der Waals surface area contributed by atoms with Crippen molar-refractivity contribution in [3.8, 4) is 0 Å². The van der Waals surface area contributed by atoms with Gasteiger partial charge in [0.25, 0.3) is 0 Å². The molecule has 2 aliphatic carbocycles. The zero-order chi connectivity index (χ0) is 20.6. The number of hydrogen-bond acceptors (Lipinski definition) is 2. The fourth-order valence-electron chi connectivity index (χ4n) is 5.86. The summed E-state index contributed by atoms with van der Waals surface area (Å²) in [6.45, 7) is 13.4. The van der Waals surface area contributed by atoms with Crippen molar-refractivity contribution in [3.63, 3.8) is 0 Å². The smallest absolute Gasteiger partial charge is 0.310 e. The highest BCUT2D eigenvalue weighted by atomic mass is 16.4. The molecule has 2 fully saturated rings. The Kier molecular flexibility index (Phi) is 6.38. The number of carboxylic acids is 2. The van der Waals surface area contributed by atoms with E-state index in [9.17, 15) is 19.8 Å². The molecule has 2 N–H and O–H groups in total. The number of hydrogen-bond donors (Lipinski definition) is 2. The second-order valence-electron chi connectivity index (χ2n) is 11.4. The Morgan fingerprint density at radius 2 is 1.19 bits per heavy atom.